The number of nitrogens with two attached hydrogens (primary N) is 1. The number of rotatable bonds is 3. The van der Waals surface area contributed by atoms with Gasteiger partial charge in [-0.25, -0.2) is 0 Å². The van der Waals surface area contributed by atoms with Gasteiger partial charge in [0.15, 0.2) is 11.5 Å². The molecule has 0 aliphatic carbocycles. The van der Waals surface area contributed by atoms with Gasteiger partial charge in [-0.1, -0.05) is 6.07 Å². The minimum absolute atomic E-state index is 0.0713. The quantitative estimate of drug-likeness (QED) is 0.579. The Morgan fingerprint density at radius 3 is 2.75 bits per heavy atom. The number of carbonyl (C=O) groups is 1. The summed E-state index contributed by atoms with van der Waals surface area (Å²) in [6.07, 6.45) is 1.29. The molecule has 0 aromatic heterocycles. The number of hydrogen-bond acceptors (Lipinski definition) is 4. The van der Waals surface area contributed by atoms with E-state index in [0.717, 1.165) is 0 Å². The Morgan fingerprint density at radius 1 is 1.62 bits per heavy atom. The highest BCUT2D eigenvalue weighted by Crippen LogP contribution is 2.27. The molecule has 0 saturated carbocycles. The summed E-state index contributed by atoms with van der Waals surface area (Å²) in [4.78, 5) is 10.8. The van der Waals surface area contributed by atoms with Gasteiger partial charge in [0.2, 0.25) is 0 Å². The number of amides is 1. The van der Waals surface area contributed by atoms with Crippen LogP contribution in [-0.2, 0) is 4.79 Å². The normalized spacial score (nSPS) is 10.6. The maximum Gasteiger partial charge on any atom is 0.259 e. The number of phenols is 1. The lowest BCUT2D eigenvalue weighted by atomic mass is 10.1. The molecule has 0 radical (unpaired) electrons. The smallest absolute Gasteiger partial charge is 0.259 e. The fraction of sp³-hybridized carbons (Fsp3) is 0.0909. The number of methoxy groups -OCH3 is 1. The third kappa shape index (κ3) is 2.51. The van der Waals surface area contributed by atoms with E-state index in [-0.39, 0.29) is 11.3 Å². The molecule has 1 aromatic rings. The molecule has 16 heavy (non-hydrogen) atoms. The van der Waals surface area contributed by atoms with Gasteiger partial charge in [0.25, 0.3) is 5.91 Å². The van der Waals surface area contributed by atoms with Crippen LogP contribution in [-0.4, -0.2) is 18.1 Å². The minimum Gasteiger partial charge on any atom is -0.504 e. The Kier molecular flexibility index (Phi) is 3.51. The van der Waals surface area contributed by atoms with E-state index in [1.807, 2.05) is 0 Å². The molecule has 0 aliphatic rings. The fourth-order valence-corrected chi connectivity index (χ4v) is 1.12. The Bertz CT molecular complexity index is 486. The second kappa shape index (κ2) is 4.84. The van der Waals surface area contributed by atoms with Crippen molar-refractivity contribution in [2.24, 2.45) is 5.73 Å². The van der Waals surface area contributed by atoms with Crippen LogP contribution in [0.3, 0.4) is 0 Å². The first-order valence-electron chi connectivity index (χ1n) is 4.37. The molecule has 0 unspecified atom stereocenters. The average molecular weight is 218 g/mol. The maximum absolute atomic E-state index is 10.8. The highest BCUT2D eigenvalue weighted by molar-refractivity contribution is 6.00. The van der Waals surface area contributed by atoms with Crippen LogP contribution in [0.1, 0.15) is 5.56 Å². The topological polar surface area (TPSA) is 96.3 Å². The molecule has 5 heteroatoms. The van der Waals surface area contributed by atoms with Crippen molar-refractivity contribution in [1.82, 2.24) is 0 Å². The number of hydrogen-bond donors (Lipinski definition) is 2. The molecule has 0 spiro atoms. The molecule has 0 bridgehead atoms. The number of nitrogens with zero attached hydrogens (tertiary/aromatic N) is 1. The van der Waals surface area contributed by atoms with Crippen LogP contribution in [0.25, 0.3) is 6.08 Å². The van der Waals surface area contributed by atoms with Crippen molar-refractivity contribution < 1.29 is 14.6 Å². The average Bonchev–Trinajstić information content (AvgIpc) is 2.25. The Hall–Kier alpha value is -2.48. The third-order valence-corrected chi connectivity index (χ3v) is 1.90. The number of phenolic OH excluding ortho intramolecular Hbond substituents is 1. The lowest BCUT2D eigenvalue weighted by molar-refractivity contribution is -0.114. The van der Waals surface area contributed by atoms with Crippen LogP contribution in [0.2, 0.25) is 0 Å². The van der Waals surface area contributed by atoms with Crippen LogP contribution in [0, 0.1) is 11.3 Å². The maximum atomic E-state index is 10.8. The molecular weight excluding hydrogens is 208 g/mol. The van der Waals surface area contributed by atoms with Crippen LogP contribution >= 0.6 is 0 Å². The van der Waals surface area contributed by atoms with E-state index in [1.165, 1.54) is 25.3 Å². The first-order chi connectivity index (χ1) is 7.58. The Balaban J connectivity index is 3.12. The van der Waals surface area contributed by atoms with Gasteiger partial charge < -0.3 is 15.6 Å². The van der Waals surface area contributed by atoms with E-state index in [9.17, 15) is 9.90 Å². The molecule has 3 N–H and O–H groups in total. The molecule has 1 amide bonds. The van der Waals surface area contributed by atoms with Crippen molar-refractivity contribution in [2.45, 2.75) is 0 Å². The Labute approximate surface area is 92.4 Å². The summed E-state index contributed by atoms with van der Waals surface area (Å²) in [5.41, 5.74) is 5.29. The van der Waals surface area contributed by atoms with Crippen molar-refractivity contribution in [2.75, 3.05) is 7.11 Å². The van der Waals surface area contributed by atoms with Crippen LogP contribution in [0.15, 0.2) is 23.8 Å². The van der Waals surface area contributed by atoms with Crippen molar-refractivity contribution in [1.29, 1.82) is 5.26 Å². The van der Waals surface area contributed by atoms with Gasteiger partial charge in [-0.15, -0.1) is 0 Å². The summed E-state index contributed by atoms with van der Waals surface area (Å²) in [6, 6.07) is 6.17. The van der Waals surface area contributed by atoms with E-state index in [1.54, 1.807) is 12.1 Å². The molecule has 0 heterocycles. The van der Waals surface area contributed by atoms with Gasteiger partial charge in [0.05, 0.1) is 7.11 Å². The van der Waals surface area contributed by atoms with Crippen molar-refractivity contribution in [3.63, 3.8) is 0 Å². The van der Waals surface area contributed by atoms with Crippen molar-refractivity contribution >= 4 is 12.0 Å². The first-order valence-corrected chi connectivity index (χ1v) is 4.37. The van der Waals surface area contributed by atoms with E-state index in [0.29, 0.717) is 11.3 Å². The zero-order chi connectivity index (χ0) is 12.1. The summed E-state index contributed by atoms with van der Waals surface area (Å²) >= 11 is 0. The highest BCUT2D eigenvalue weighted by atomic mass is 16.5. The van der Waals surface area contributed by atoms with Crippen LogP contribution in [0.5, 0.6) is 11.5 Å². The molecule has 0 saturated heterocycles. The largest absolute Gasteiger partial charge is 0.504 e. The first kappa shape index (κ1) is 11.6. The summed E-state index contributed by atoms with van der Waals surface area (Å²) in [6.45, 7) is 0. The predicted octanol–water partition coefficient (Wildman–Crippen LogP) is 0.793. The second-order valence-electron chi connectivity index (χ2n) is 2.97. The van der Waals surface area contributed by atoms with Gasteiger partial charge in [-0.3, -0.25) is 4.79 Å². The van der Waals surface area contributed by atoms with Gasteiger partial charge in [-0.2, -0.15) is 5.26 Å². The molecular formula is C11H10N2O3. The summed E-state index contributed by atoms with van der Waals surface area (Å²) < 4.78 is 4.85. The third-order valence-electron chi connectivity index (χ3n) is 1.90. The van der Waals surface area contributed by atoms with E-state index >= 15 is 0 Å². The molecule has 5 nitrogen and oxygen atoms in total. The highest BCUT2D eigenvalue weighted by Gasteiger charge is 2.05. The number of ether oxygens (including phenoxy) is 1. The van der Waals surface area contributed by atoms with Crippen molar-refractivity contribution in [3.8, 4) is 17.6 Å². The fourth-order valence-electron chi connectivity index (χ4n) is 1.12. The van der Waals surface area contributed by atoms with Gasteiger partial charge in [0.1, 0.15) is 11.6 Å². The molecule has 1 aromatic carbocycles. The van der Waals surface area contributed by atoms with Crippen LogP contribution in [0.4, 0.5) is 0 Å². The number of nitriles is 1. The van der Waals surface area contributed by atoms with Crippen molar-refractivity contribution in [3.05, 3.63) is 29.3 Å². The molecule has 0 atom stereocenters. The lowest BCUT2D eigenvalue weighted by Crippen LogP contribution is -2.12. The zero-order valence-electron chi connectivity index (χ0n) is 8.60. The summed E-state index contributed by atoms with van der Waals surface area (Å²) in [7, 11) is 1.43. The number of carbonyl (C=O) groups excluding carboxylic acids is 1. The predicted molar refractivity (Wildman–Crippen MR) is 57.4 cm³/mol. The van der Waals surface area contributed by atoms with E-state index in [2.05, 4.69) is 0 Å². The van der Waals surface area contributed by atoms with Gasteiger partial charge in [0, 0.05) is 0 Å². The summed E-state index contributed by atoms with van der Waals surface area (Å²) in [5, 5.41) is 18.1. The second-order valence-corrected chi connectivity index (χ2v) is 2.97. The van der Waals surface area contributed by atoms with Gasteiger partial charge >= 0.3 is 0 Å². The molecule has 0 fully saturated rings. The number of aromatic hydroxyl groups is 1. The summed E-state index contributed by atoms with van der Waals surface area (Å²) in [5.74, 6) is -0.564. The van der Waals surface area contributed by atoms with Gasteiger partial charge in [-0.05, 0) is 23.8 Å². The monoisotopic (exact) mass is 218 g/mol. The lowest BCUT2D eigenvalue weighted by Gasteiger charge is -2.03. The SMILES string of the molecule is COc1ccc(/C=C(\C#N)C(N)=O)cc1O. The molecule has 82 valence electrons. The standard InChI is InChI=1S/C11H10N2O3/c1-16-10-3-2-7(5-9(10)14)4-8(6-12)11(13)15/h2-5,14H,1H3,(H2,13,15)/b8-4+. The Morgan fingerprint density at radius 2 is 2.31 bits per heavy atom. The van der Waals surface area contributed by atoms with E-state index < -0.39 is 5.91 Å². The number of primary amides is 1. The molecule has 1 rings (SSSR count). The van der Waals surface area contributed by atoms with E-state index in [4.69, 9.17) is 15.7 Å². The zero-order valence-corrected chi connectivity index (χ0v) is 8.60. The van der Waals surface area contributed by atoms with Crippen LogP contribution < -0.4 is 10.5 Å². The molecule has 0 aliphatic heterocycles. The number of benzene rings is 1. The minimum atomic E-state index is -0.808.